The van der Waals surface area contributed by atoms with Crippen LogP contribution in [0.4, 0.5) is 0 Å². The fraction of sp³-hybridized carbons (Fsp3) is 0.647. The zero-order valence-corrected chi connectivity index (χ0v) is 13.3. The number of aryl methyl sites for hydroxylation is 1. The molecule has 0 aliphatic carbocycles. The molecule has 0 spiro atoms. The van der Waals surface area contributed by atoms with E-state index in [1.807, 2.05) is 11.0 Å². The summed E-state index contributed by atoms with van der Waals surface area (Å²) in [6.07, 6.45) is 7.87. The third-order valence-electron chi connectivity index (χ3n) is 4.07. The molecule has 0 N–H and O–H groups in total. The lowest BCUT2D eigenvalue weighted by Crippen LogP contribution is -2.44. The van der Waals surface area contributed by atoms with Crippen molar-refractivity contribution in [3.05, 3.63) is 29.6 Å². The van der Waals surface area contributed by atoms with Gasteiger partial charge in [0.1, 0.15) is 0 Å². The Morgan fingerprint density at radius 3 is 2.90 bits per heavy atom. The molecule has 1 aliphatic rings. The molecule has 0 aromatic carbocycles. The van der Waals surface area contributed by atoms with E-state index in [0.29, 0.717) is 6.54 Å². The molecule has 1 saturated heterocycles. The minimum absolute atomic E-state index is 0.0958. The summed E-state index contributed by atoms with van der Waals surface area (Å²) < 4.78 is 5.79. The zero-order chi connectivity index (χ0) is 15.2. The molecule has 0 saturated carbocycles. The van der Waals surface area contributed by atoms with E-state index < -0.39 is 0 Å². The molecule has 1 aromatic heterocycles. The Balaban J connectivity index is 2.14. The van der Waals surface area contributed by atoms with Gasteiger partial charge in [-0.2, -0.15) is 0 Å². The van der Waals surface area contributed by atoms with E-state index in [9.17, 15) is 4.79 Å². The largest absolute Gasteiger partial charge is 0.376 e. The summed E-state index contributed by atoms with van der Waals surface area (Å²) in [5.74, 6) is 0.0958. The lowest BCUT2D eigenvalue weighted by atomic mass is 10.0. The van der Waals surface area contributed by atoms with Gasteiger partial charge in [0.05, 0.1) is 6.10 Å². The van der Waals surface area contributed by atoms with Gasteiger partial charge in [0.2, 0.25) is 0 Å². The predicted octanol–water partition coefficient (Wildman–Crippen LogP) is 3.06. The number of aromatic nitrogens is 1. The summed E-state index contributed by atoms with van der Waals surface area (Å²) in [5.41, 5.74) is 1.79. The molecule has 0 radical (unpaired) electrons. The molecule has 0 bridgehead atoms. The van der Waals surface area contributed by atoms with Gasteiger partial charge in [0.15, 0.2) is 0 Å². The standard InChI is InChI=1S/C17H26N2O2/c1-4-14-11-18-9-8-16(14)17(20)19(13(2)3)12-15-7-5-6-10-21-15/h8-9,11,13,15H,4-7,10,12H2,1-3H3/t15-/m1/s1. The van der Waals surface area contributed by atoms with Crippen LogP contribution in [0.5, 0.6) is 0 Å². The Bertz CT molecular complexity index is 468. The Morgan fingerprint density at radius 2 is 2.29 bits per heavy atom. The molecular weight excluding hydrogens is 264 g/mol. The highest BCUT2D eigenvalue weighted by atomic mass is 16.5. The van der Waals surface area contributed by atoms with Crippen molar-refractivity contribution in [2.45, 2.75) is 58.6 Å². The first-order valence-corrected chi connectivity index (χ1v) is 7.99. The molecule has 21 heavy (non-hydrogen) atoms. The number of amides is 1. The Morgan fingerprint density at radius 1 is 1.48 bits per heavy atom. The first kappa shape index (κ1) is 16.0. The summed E-state index contributed by atoms with van der Waals surface area (Å²) in [5, 5.41) is 0. The van der Waals surface area contributed by atoms with Gasteiger partial charge in [-0.1, -0.05) is 6.92 Å². The molecule has 116 valence electrons. The quantitative estimate of drug-likeness (QED) is 0.837. The highest BCUT2D eigenvalue weighted by Crippen LogP contribution is 2.18. The average Bonchev–Trinajstić information content (AvgIpc) is 2.52. The van der Waals surface area contributed by atoms with E-state index in [-0.39, 0.29) is 18.1 Å². The second kappa shape index (κ2) is 7.55. The number of pyridine rings is 1. The topological polar surface area (TPSA) is 42.4 Å². The van der Waals surface area contributed by atoms with Crippen molar-refractivity contribution in [2.75, 3.05) is 13.2 Å². The molecule has 1 atom stereocenters. The molecule has 2 rings (SSSR count). The Labute approximate surface area is 127 Å². The molecular formula is C17H26N2O2. The zero-order valence-electron chi connectivity index (χ0n) is 13.3. The van der Waals surface area contributed by atoms with Crippen LogP contribution in [0.3, 0.4) is 0 Å². The van der Waals surface area contributed by atoms with Gasteiger partial charge < -0.3 is 9.64 Å². The van der Waals surface area contributed by atoms with Gasteiger partial charge in [-0.15, -0.1) is 0 Å². The second-order valence-electron chi connectivity index (χ2n) is 5.93. The summed E-state index contributed by atoms with van der Waals surface area (Å²) in [7, 11) is 0. The van der Waals surface area contributed by atoms with Gasteiger partial charge >= 0.3 is 0 Å². The number of carbonyl (C=O) groups is 1. The third-order valence-corrected chi connectivity index (χ3v) is 4.07. The van der Waals surface area contributed by atoms with E-state index in [4.69, 9.17) is 4.74 Å². The maximum absolute atomic E-state index is 12.9. The molecule has 1 aliphatic heterocycles. The average molecular weight is 290 g/mol. The maximum atomic E-state index is 12.9. The van der Waals surface area contributed by atoms with Gasteiger partial charge in [-0.05, 0) is 51.2 Å². The Kier molecular flexibility index (Phi) is 5.74. The summed E-state index contributed by atoms with van der Waals surface area (Å²) >= 11 is 0. The molecule has 2 heterocycles. The number of hydrogen-bond acceptors (Lipinski definition) is 3. The highest BCUT2D eigenvalue weighted by molar-refractivity contribution is 5.95. The molecule has 4 nitrogen and oxygen atoms in total. The minimum atomic E-state index is 0.0958. The van der Waals surface area contributed by atoms with E-state index >= 15 is 0 Å². The third kappa shape index (κ3) is 4.03. The smallest absolute Gasteiger partial charge is 0.254 e. The van der Waals surface area contributed by atoms with Crippen molar-refractivity contribution in [1.29, 1.82) is 0 Å². The van der Waals surface area contributed by atoms with Crippen LogP contribution in [0.25, 0.3) is 0 Å². The van der Waals surface area contributed by atoms with Crippen molar-refractivity contribution >= 4 is 5.91 Å². The van der Waals surface area contributed by atoms with Gasteiger partial charge in [-0.3, -0.25) is 9.78 Å². The van der Waals surface area contributed by atoms with Crippen molar-refractivity contribution in [2.24, 2.45) is 0 Å². The van der Waals surface area contributed by atoms with E-state index in [1.165, 1.54) is 6.42 Å². The molecule has 1 amide bonds. The van der Waals surface area contributed by atoms with Crippen molar-refractivity contribution in [1.82, 2.24) is 9.88 Å². The van der Waals surface area contributed by atoms with E-state index in [0.717, 1.165) is 37.0 Å². The first-order valence-electron chi connectivity index (χ1n) is 7.99. The van der Waals surface area contributed by atoms with E-state index in [2.05, 4.69) is 25.8 Å². The molecule has 4 heteroatoms. The van der Waals surface area contributed by atoms with Gasteiger partial charge in [0.25, 0.3) is 5.91 Å². The highest BCUT2D eigenvalue weighted by Gasteiger charge is 2.25. The number of carbonyl (C=O) groups excluding carboxylic acids is 1. The predicted molar refractivity (Wildman–Crippen MR) is 83.4 cm³/mol. The van der Waals surface area contributed by atoms with Crippen LogP contribution in [-0.2, 0) is 11.2 Å². The number of nitrogens with zero attached hydrogens (tertiary/aromatic N) is 2. The van der Waals surface area contributed by atoms with Crippen molar-refractivity contribution in [3.8, 4) is 0 Å². The SMILES string of the molecule is CCc1cnccc1C(=O)N(C[C@H]1CCCCO1)C(C)C. The minimum Gasteiger partial charge on any atom is -0.376 e. The lowest BCUT2D eigenvalue weighted by molar-refractivity contribution is -0.00832. The maximum Gasteiger partial charge on any atom is 0.254 e. The normalized spacial score (nSPS) is 18.8. The van der Waals surface area contributed by atoms with Crippen LogP contribution in [0.1, 0.15) is 56.0 Å². The second-order valence-corrected chi connectivity index (χ2v) is 5.93. The van der Waals surface area contributed by atoms with Crippen molar-refractivity contribution in [3.63, 3.8) is 0 Å². The Hall–Kier alpha value is -1.42. The summed E-state index contributed by atoms with van der Waals surface area (Å²) in [6, 6.07) is 2.00. The van der Waals surface area contributed by atoms with Gasteiger partial charge in [-0.25, -0.2) is 0 Å². The van der Waals surface area contributed by atoms with E-state index in [1.54, 1.807) is 12.4 Å². The summed E-state index contributed by atoms with van der Waals surface area (Å²) in [4.78, 5) is 18.9. The van der Waals surface area contributed by atoms with Crippen molar-refractivity contribution < 1.29 is 9.53 Å². The van der Waals surface area contributed by atoms with Crippen LogP contribution < -0.4 is 0 Å². The van der Waals surface area contributed by atoms with Gasteiger partial charge in [0, 0.05) is 37.2 Å². The number of ether oxygens (including phenoxy) is 1. The number of hydrogen-bond donors (Lipinski definition) is 0. The van der Waals surface area contributed by atoms with Crippen LogP contribution in [0.15, 0.2) is 18.5 Å². The monoisotopic (exact) mass is 290 g/mol. The fourth-order valence-electron chi connectivity index (χ4n) is 2.77. The first-order chi connectivity index (χ1) is 10.1. The molecule has 0 unspecified atom stereocenters. The molecule has 1 aromatic rings. The molecule has 1 fully saturated rings. The summed E-state index contributed by atoms with van der Waals surface area (Å²) in [6.45, 7) is 7.68. The van der Waals surface area contributed by atoms with Crippen LogP contribution in [0.2, 0.25) is 0 Å². The lowest BCUT2D eigenvalue weighted by Gasteiger charge is -2.33. The van der Waals surface area contributed by atoms with Crippen LogP contribution in [0, 0.1) is 0 Å². The van der Waals surface area contributed by atoms with Crippen LogP contribution >= 0.6 is 0 Å². The van der Waals surface area contributed by atoms with Crippen LogP contribution in [-0.4, -0.2) is 41.1 Å². The fourth-order valence-corrected chi connectivity index (χ4v) is 2.77. The number of rotatable bonds is 5.